The van der Waals surface area contributed by atoms with Gasteiger partial charge in [0.2, 0.25) is 5.28 Å². The van der Waals surface area contributed by atoms with E-state index in [9.17, 15) is 0 Å². The average molecular weight is 159 g/mol. The van der Waals surface area contributed by atoms with Gasteiger partial charge in [0.15, 0.2) is 0 Å². The van der Waals surface area contributed by atoms with Crippen molar-refractivity contribution in [3.05, 3.63) is 17.7 Å². The van der Waals surface area contributed by atoms with E-state index < -0.39 is 0 Å². The van der Waals surface area contributed by atoms with Crippen LogP contribution in [0.3, 0.4) is 0 Å². The van der Waals surface area contributed by atoms with Gasteiger partial charge < -0.3 is 4.57 Å². The molecule has 0 fully saturated rings. The summed E-state index contributed by atoms with van der Waals surface area (Å²) in [5, 5.41) is 0.591. The molecule has 1 heterocycles. The lowest BCUT2D eigenvalue weighted by atomic mass is 10.3. The Hall–Kier alpha value is -0.500. The maximum absolute atomic E-state index is 5.73. The minimum atomic E-state index is 0.591. The molecule has 0 aromatic carbocycles. The summed E-state index contributed by atoms with van der Waals surface area (Å²) >= 11 is 5.73. The van der Waals surface area contributed by atoms with Crippen LogP contribution in [0.1, 0.15) is 19.8 Å². The van der Waals surface area contributed by atoms with E-state index in [1.807, 2.05) is 10.8 Å². The Morgan fingerprint density at radius 3 is 3.00 bits per heavy atom. The smallest absolute Gasteiger partial charge is 0.202 e. The molecule has 1 rings (SSSR count). The summed E-state index contributed by atoms with van der Waals surface area (Å²) in [7, 11) is 0. The SMILES string of the molecule is CCCCn1ccnc1Cl. The number of hydrogen-bond donors (Lipinski definition) is 0. The van der Waals surface area contributed by atoms with E-state index in [1.54, 1.807) is 6.20 Å². The molecule has 3 heteroatoms. The third-order valence-electron chi connectivity index (χ3n) is 1.42. The molecule has 56 valence electrons. The van der Waals surface area contributed by atoms with Crippen LogP contribution < -0.4 is 0 Å². The van der Waals surface area contributed by atoms with Crippen LogP contribution in [-0.4, -0.2) is 9.55 Å². The van der Waals surface area contributed by atoms with Gasteiger partial charge in [-0.3, -0.25) is 0 Å². The van der Waals surface area contributed by atoms with Crippen LogP contribution in [0.4, 0.5) is 0 Å². The molecule has 0 aliphatic rings. The van der Waals surface area contributed by atoms with Crippen molar-refractivity contribution in [2.24, 2.45) is 0 Å². The van der Waals surface area contributed by atoms with Gasteiger partial charge in [0, 0.05) is 18.9 Å². The van der Waals surface area contributed by atoms with Crippen molar-refractivity contribution in [2.75, 3.05) is 0 Å². The molecule has 1 aromatic rings. The van der Waals surface area contributed by atoms with Crippen LogP contribution >= 0.6 is 11.6 Å². The Labute approximate surface area is 65.8 Å². The van der Waals surface area contributed by atoms with Gasteiger partial charge in [-0.25, -0.2) is 4.98 Å². The molecule has 0 amide bonds. The van der Waals surface area contributed by atoms with Gasteiger partial charge in [-0.2, -0.15) is 0 Å². The number of aromatic nitrogens is 2. The molecule has 0 aliphatic heterocycles. The zero-order valence-corrected chi connectivity index (χ0v) is 6.80. The number of halogens is 1. The van der Waals surface area contributed by atoms with Gasteiger partial charge in [-0.05, 0) is 18.0 Å². The number of nitrogens with zero attached hydrogens (tertiary/aromatic N) is 2. The molecular weight excluding hydrogens is 148 g/mol. The third kappa shape index (κ3) is 1.74. The minimum absolute atomic E-state index is 0.591. The van der Waals surface area contributed by atoms with Crippen molar-refractivity contribution in [1.29, 1.82) is 0 Å². The van der Waals surface area contributed by atoms with E-state index in [0.717, 1.165) is 13.0 Å². The molecule has 0 saturated carbocycles. The van der Waals surface area contributed by atoms with Gasteiger partial charge in [0.05, 0.1) is 0 Å². The summed E-state index contributed by atoms with van der Waals surface area (Å²) in [6, 6.07) is 0. The van der Waals surface area contributed by atoms with Crippen LogP contribution in [0.15, 0.2) is 12.4 Å². The molecule has 0 aliphatic carbocycles. The highest BCUT2D eigenvalue weighted by atomic mass is 35.5. The topological polar surface area (TPSA) is 17.8 Å². The highest BCUT2D eigenvalue weighted by Gasteiger charge is 1.95. The molecule has 0 N–H and O–H groups in total. The van der Waals surface area contributed by atoms with Crippen molar-refractivity contribution in [3.8, 4) is 0 Å². The second kappa shape index (κ2) is 3.62. The van der Waals surface area contributed by atoms with Crippen molar-refractivity contribution >= 4 is 11.6 Å². The van der Waals surface area contributed by atoms with E-state index >= 15 is 0 Å². The first kappa shape index (κ1) is 7.61. The lowest BCUT2D eigenvalue weighted by Gasteiger charge is -1.99. The molecule has 0 saturated heterocycles. The summed E-state index contributed by atoms with van der Waals surface area (Å²) in [6.45, 7) is 3.14. The first-order valence-corrected chi connectivity index (χ1v) is 3.89. The summed E-state index contributed by atoms with van der Waals surface area (Å²) in [4.78, 5) is 3.90. The second-order valence-corrected chi connectivity index (χ2v) is 2.58. The van der Waals surface area contributed by atoms with Gasteiger partial charge in [-0.15, -0.1) is 0 Å². The number of unbranched alkanes of at least 4 members (excludes halogenated alkanes) is 1. The van der Waals surface area contributed by atoms with Gasteiger partial charge >= 0.3 is 0 Å². The normalized spacial score (nSPS) is 10.2. The Balaban J connectivity index is 2.49. The van der Waals surface area contributed by atoms with Gasteiger partial charge in [0.25, 0.3) is 0 Å². The molecule has 0 bridgehead atoms. The minimum Gasteiger partial charge on any atom is -0.322 e. The van der Waals surface area contributed by atoms with Crippen LogP contribution in [0.25, 0.3) is 0 Å². The van der Waals surface area contributed by atoms with Crippen molar-refractivity contribution in [3.63, 3.8) is 0 Å². The Kier molecular flexibility index (Phi) is 2.75. The van der Waals surface area contributed by atoms with E-state index in [-0.39, 0.29) is 0 Å². The maximum Gasteiger partial charge on any atom is 0.202 e. The highest BCUT2D eigenvalue weighted by Crippen LogP contribution is 2.05. The number of hydrogen-bond acceptors (Lipinski definition) is 1. The lowest BCUT2D eigenvalue weighted by Crippen LogP contribution is -1.94. The standard InChI is InChI=1S/C7H11ClN2/c1-2-3-5-10-6-4-9-7(10)8/h4,6H,2-3,5H2,1H3. The van der Waals surface area contributed by atoms with Crippen molar-refractivity contribution in [2.45, 2.75) is 26.3 Å². The summed E-state index contributed by atoms with van der Waals surface area (Å²) in [6.07, 6.45) is 5.97. The van der Waals surface area contributed by atoms with Crippen LogP contribution in [0, 0.1) is 0 Å². The predicted octanol–water partition coefficient (Wildman–Crippen LogP) is 2.34. The quantitative estimate of drug-likeness (QED) is 0.661. The van der Waals surface area contributed by atoms with Gasteiger partial charge in [-0.1, -0.05) is 13.3 Å². The Bertz CT molecular complexity index is 195. The fourth-order valence-electron chi connectivity index (χ4n) is 0.806. The second-order valence-electron chi connectivity index (χ2n) is 2.24. The zero-order chi connectivity index (χ0) is 7.40. The molecule has 10 heavy (non-hydrogen) atoms. The number of imidazole rings is 1. The van der Waals surface area contributed by atoms with Crippen LogP contribution in [-0.2, 0) is 6.54 Å². The van der Waals surface area contributed by atoms with Crippen LogP contribution in [0.2, 0.25) is 5.28 Å². The number of aryl methyl sites for hydroxylation is 1. The first-order valence-electron chi connectivity index (χ1n) is 3.51. The van der Waals surface area contributed by atoms with E-state index in [0.29, 0.717) is 5.28 Å². The third-order valence-corrected chi connectivity index (χ3v) is 1.73. The summed E-state index contributed by atoms with van der Waals surface area (Å²) in [5.41, 5.74) is 0. The molecule has 0 atom stereocenters. The monoisotopic (exact) mass is 158 g/mol. The van der Waals surface area contributed by atoms with E-state index in [4.69, 9.17) is 11.6 Å². The fourth-order valence-corrected chi connectivity index (χ4v) is 1.00. The molecule has 1 aromatic heterocycles. The Morgan fingerprint density at radius 2 is 2.50 bits per heavy atom. The first-order chi connectivity index (χ1) is 4.84. The lowest BCUT2D eigenvalue weighted by molar-refractivity contribution is 0.632. The zero-order valence-electron chi connectivity index (χ0n) is 6.05. The van der Waals surface area contributed by atoms with Crippen LogP contribution in [0.5, 0.6) is 0 Å². The molecule has 2 nitrogen and oxygen atoms in total. The maximum atomic E-state index is 5.73. The summed E-state index contributed by atoms with van der Waals surface area (Å²) in [5.74, 6) is 0. The van der Waals surface area contributed by atoms with Crippen molar-refractivity contribution < 1.29 is 0 Å². The molecule has 0 spiro atoms. The number of rotatable bonds is 3. The molecule has 0 radical (unpaired) electrons. The van der Waals surface area contributed by atoms with Gasteiger partial charge in [0.1, 0.15) is 0 Å². The summed E-state index contributed by atoms with van der Waals surface area (Å²) < 4.78 is 1.95. The van der Waals surface area contributed by atoms with E-state index in [2.05, 4.69) is 11.9 Å². The highest BCUT2D eigenvalue weighted by molar-refractivity contribution is 6.28. The largest absolute Gasteiger partial charge is 0.322 e. The van der Waals surface area contributed by atoms with E-state index in [1.165, 1.54) is 6.42 Å². The molecular formula is C7H11ClN2. The Morgan fingerprint density at radius 1 is 1.70 bits per heavy atom. The average Bonchev–Trinajstić information content (AvgIpc) is 2.31. The predicted molar refractivity (Wildman–Crippen MR) is 42.1 cm³/mol. The fraction of sp³-hybridized carbons (Fsp3) is 0.571. The van der Waals surface area contributed by atoms with Crippen molar-refractivity contribution in [1.82, 2.24) is 9.55 Å². The molecule has 0 unspecified atom stereocenters.